The summed E-state index contributed by atoms with van der Waals surface area (Å²) in [5.41, 5.74) is 0. The van der Waals surface area contributed by atoms with Gasteiger partial charge in [0.15, 0.2) is 0 Å². The van der Waals surface area contributed by atoms with E-state index in [1.165, 1.54) is 32.4 Å². The molecule has 3 rings (SSSR count). The lowest BCUT2D eigenvalue weighted by molar-refractivity contribution is -0.122. The molecule has 0 spiro atoms. The molecule has 1 atom stereocenters. The molecule has 4 heteroatoms. The van der Waals surface area contributed by atoms with Gasteiger partial charge in [0.2, 0.25) is 5.91 Å². The van der Waals surface area contributed by atoms with Crippen LogP contribution in [0.3, 0.4) is 0 Å². The van der Waals surface area contributed by atoms with Crippen molar-refractivity contribution in [3.8, 4) is 0 Å². The van der Waals surface area contributed by atoms with Crippen LogP contribution in [0.1, 0.15) is 38.5 Å². The molecule has 19 heavy (non-hydrogen) atoms. The molecule has 2 aliphatic heterocycles. The van der Waals surface area contributed by atoms with E-state index in [9.17, 15) is 4.79 Å². The zero-order chi connectivity index (χ0) is 13.1. The molecule has 1 unspecified atom stereocenters. The average Bonchev–Trinajstić information content (AvgIpc) is 3.17. The van der Waals surface area contributed by atoms with E-state index in [0.717, 1.165) is 44.9 Å². The van der Waals surface area contributed by atoms with E-state index in [1.807, 2.05) is 0 Å². The molecule has 1 aliphatic carbocycles. The van der Waals surface area contributed by atoms with Gasteiger partial charge in [0.05, 0.1) is 0 Å². The van der Waals surface area contributed by atoms with Crippen LogP contribution in [0.4, 0.5) is 0 Å². The largest absolute Gasteiger partial charge is 0.356 e. The van der Waals surface area contributed by atoms with Crippen LogP contribution in [0, 0.1) is 11.8 Å². The summed E-state index contributed by atoms with van der Waals surface area (Å²) in [5, 5.41) is 6.51. The molecule has 2 N–H and O–H groups in total. The van der Waals surface area contributed by atoms with Gasteiger partial charge in [-0.15, -0.1) is 0 Å². The highest BCUT2D eigenvalue weighted by Crippen LogP contribution is 2.31. The summed E-state index contributed by atoms with van der Waals surface area (Å²) >= 11 is 0. The maximum atomic E-state index is 12.0. The summed E-state index contributed by atoms with van der Waals surface area (Å²) in [4.78, 5) is 14.6. The molecule has 0 bridgehead atoms. The van der Waals surface area contributed by atoms with Gasteiger partial charge in [0.1, 0.15) is 0 Å². The minimum absolute atomic E-state index is 0.275. The predicted octanol–water partition coefficient (Wildman–Crippen LogP) is 0.977. The van der Waals surface area contributed by atoms with Crippen LogP contribution in [-0.2, 0) is 4.79 Å². The summed E-state index contributed by atoms with van der Waals surface area (Å²) in [6.45, 7) is 5.51. The van der Waals surface area contributed by atoms with E-state index in [1.54, 1.807) is 0 Å². The van der Waals surface area contributed by atoms with E-state index < -0.39 is 0 Å². The van der Waals surface area contributed by atoms with Gasteiger partial charge in [-0.25, -0.2) is 0 Å². The van der Waals surface area contributed by atoms with Crippen molar-refractivity contribution in [2.75, 3.05) is 32.7 Å². The molecule has 3 aliphatic rings. The van der Waals surface area contributed by atoms with Gasteiger partial charge in [-0.05, 0) is 63.6 Å². The average molecular weight is 265 g/mol. The van der Waals surface area contributed by atoms with Crippen LogP contribution in [-0.4, -0.2) is 49.6 Å². The fourth-order valence-electron chi connectivity index (χ4n) is 3.48. The Labute approximate surface area is 116 Å². The first-order valence-electron chi connectivity index (χ1n) is 8.02. The number of nitrogens with zero attached hydrogens (tertiary/aromatic N) is 1. The minimum atomic E-state index is 0.275. The van der Waals surface area contributed by atoms with E-state index in [0.29, 0.717) is 11.8 Å². The van der Waals surface area contributed by atoms with Crippen molar-refractivity contribution in [1.29, 1.82) is 0 Å². The van der Waals surface area contributed by atoms with Crippen LogP contribution in [0.2, 0.25) is 0 Å². The lowest BCUT2D eigenvalue weighted by Gasteiger charge is -2.22. The van der Waals surface area contributed by atoms with Gasteiger partial charge in [0, 0.05) is 25.6 Å². The molecule has 3 fully saturated rings. The summed E-state index contributed by atoms with van der Waals surface area (Å²) in [5.74, 6) is 1.57. The minimum Gasteiger partial charge on any atom is -0.356 e. The van der Waals surface area contributed by atoms with Crippen LogP contribution in [0.5, 0.6) is 0 Å². The zero-order valence-electron chi connectivity index (χ0n) is 11.9. The summed E-state index contributed by atoms with van der Waals surface area (Å²) in [6.07, 6.45) is 7.12. The molecule has 0 radical (unpaired) electrons. The first kappa shape index (κ1) is 13.4. The quantitative estimate of drug-likeness (QED) is 0.779. The monoisotopic (exact) mass is 265 g/mol. The molecule has 0 aromatic carbocycles. The van der Waals surface area contributed by atoms with E-state index in [4.69, 9.17) is 0 Å². The fourth-order valence-corrected chi connectivity index (χ4v) is 3.48. The third kappa shape index (κ3) is 3.93. The van der Waals surface area contributed by atoms with Crippen LogP contribution in [0.25, 0.3) is 0 Å². The number of carbonyl (C=O) groups is 1. The molecule has 108 valence electrons. The second-order valence-corrected chi connectivity index (χ2v) is 6.58. The number of carbonyl (C=O) groups excluding carboxylic acids is 1. The molecule has 1 amide bonds. The number of hydrogen-bond donors (Lipinski definition) is 2. The number of likely N-dealkylation sites (tertiary alicyclic amines) is 1. The maximum Gasteiger partial charge on any atom is 0.220 e. The van der Waals surface area contributed by atoms with Crippen LogP contribution < -0.4 is 10.6 Å². The summed E-state index contributed by atoms with van der Waals surface area (Å²) in [6, 6.07) is 0.885. The van der Waals surface area contributed by atoms with Crippen molar-refractivity contribution in [2.45, 2.75) is 44.6 Å². The molecular formula is C15H27N3O. The number of piperidine rings is 1. The lowest BCUT2D eigenvalue weighted by Crippen LogP contribution is -2.35. The van der Waals surface area contributed by atoms with Crippen molar-refractivity contribution in [2.24, 2.45) is 11.8 Å². The van der Waals surface area contributed by atoms with Gasteiger partial charge in [-0.3, -0.25) is 4.79 Å². The van der Waals surface area contributed by atoms with E-state index >= 15 is 0 Å². The van der Waals surface area contributed by atoms with Crippen molar-refractivity contribution in [3.05, 3.63) is 0 Å². The third-order valence-corrected chi connectivity index (χ3v) is 4.90. The predicted molar refractivity (Wildman–Crippen MR) is 75.9 cm³/mol. The van der Waals surface area contributed by atoms with Gasteiger partial charge in [0.25, 0.3) is 0 Å². The molecule has 4 nitrogen and oxygen atoms in total. The molecule has 0 aromatic heterocycles. The second kappa shape index (κ2) is 6.23. The van der Waals surface area contributed by atoms with Crippen LogP contribution >= 0.6 is 0 Å². The van der Waals surface area contributed by atoms with Gasteiger partial charge >= 0.3 is 0 Å². The highest BCUT2D eigenvalue weighted by Gasteiger charge is 2.34. The van der Waals surface area contributed by atoms with Crippen molar-refractivity contribution < 1.29 is 4.79 Å². The first-order chi connectivity index (χ1) is 9.31. The summed E-state index contributed by atoms with van der Waals surface area (Å²) in [7, 11) is 0. The van der Waals surface area contributed by atoms with E-state index in [2.05, 4.69) is 15.5 Å². The Kier molecular flexibility index (Phi) is 4.38. The van der Waals surface area contributed by atoms with Crippen molar-refractivity contribution >= 4 is 5.91 Å². The van der Waals surface area contributed by atoms with Gasteiger partial charge in [-0.2, -0.15) is 0 Å². The standard InChI is InChI=1S/C15H27N3O/c19-15(9-12-3-6-16-7-4-12)17-10-13-5-8-18(11-13)14-1-2-14/h12-14,16H,1-11H2,(H,17,19). The number of amides is 1. The molecule has 2 saturated heterocycles. The van der Waals surface area contributed by atoms with E-state index in [-0.39, 0.29) is 5.91 Å². The Hall–Kier alpha value is -0.610. The first-order valence-corrected chi connectivity index (χ1v) is 8.02. The molecular weight excluding hydrogens is 238 g/mol. The summed E-state index contributed by atoms with van der Waals surface area (Å²) < 4.78 is 0. The topological polar surface area (TPSA) is 44.4 Å². The van der Waals surface area contributed by atoms with Crippen molar-refractivity contribution in [3.63, 3.8) is 0 Å². The highest BCUT2D eigenvalue weighted by molar-refractivity contribution is 5.76. The van der Waals surface area contributed by atoms with Crippen LogP contribution in [0.15, 0.2) is 0 Å². The SMILES string of the molecule is O=C(CC1CCNCC1)NCC1CCN(C2CC2)C1. The fraction of sp³-hybridized carbons (Fsp3) is 0.933. The van der Waals surface area contributed by atoms with Gasteiger partial charge < -0.3 is 15.5 Å². The smallest absolute Gasteiger partial charge is 0.220 e. The Morgan fingerprint density at radius 2 is 1.89 bits per heavy atom. The zero-order valence-corrected chi connectivity index (χ0v) is 11.9. The molecule has 1 saturated carbocycles. The molecule has 2 heterocycles. The maximum absolute atomic E-state index is 12.0. The Balaban J connectivity index is 1.31. The highest BCUT2D eigenvalue weighted by atomic mass is 16.1. The van der Waals surface area contributed by atoms with Crippen molar-refractivity contribution in [1.82, 2.24) is 15.5 Å². The van der Waals surface area contributed by atoms with Gasteiger partial charge in [-0.1, -0.05) is 0 Å². The second-order valence-electron chi connectivity index (χ2n) is 6.58. The molecule has 0 aromatic rings. The number of rotatable bonds is 5. The Morgan fingerprint density at radius 3 is 2.63 bits per heavy atom. The number of hydrogen-bond acceptors (Lipinski definition) is 3. The third-order valence-electron chi connectivity index (χ3n) is 4.90. The normalized spacial score (nSPS) is 29.6. The lowest BCUT2D eigenvalue weighted by atomic mass is 9.94. The number of nitrogens with one attached hydrogen (secondary N) is 2. The Morgan fingerprint density at radius 1 is 1.11 bits per heavy atom. The Bertz CT molecular complexity index is 311.